The molecule has 0 heterocycles. The smallest absolute Gasteiger partial charge is 0.337 e. The quantitative estimate of drug-likeness (QED) is 0.809. The van der Waals surface area contributed by atoms with E-state index < -0.39 is 0 Å². The Morgan fingerprint density at radius 1 is 1.24 bits per heavy atom. The molecular formula is C13H17NO3. The molecule has 1 rings (SSSR count). The SMILES string of the molecule is COC(=O)c1ccc(CNC(=O)C(C)C)cc1. The standard InChI is InChI=1S/C13H17NO3/c1-9(2)12(15)14-8-10-4-6-11(7-5-10)13(16)17-3/h4-7,9H,8H2,1-3H3,(H,14,15). The number of benzene rings is 1. The summed E-state index contributed by atoms with van der Waals surface area (Å²) in [5.74, 6) is -0.367. The lowest BCUT2D eigenvalue weighted by Crippen LogP contribution is -2.27. The molecule has 0 aromatic heterocycles. The summed E-state index contributed by atoms with van der Waals surface area (Å²) in [5, 5.41) is 2.81. The summed E-state index contributed by atoms with van der Waals surface area (Å²) in [6.45, 7) is 4.16. The van der Waals surface area contributed by atoms with Gasteiger partial charge in [-0.15, -0.1) is 0 Å². The zero-order valence-corrected chi connectivity index (χ0v) is 10.3. The van der Waals surface area contributed by atoms with E-state index in [1.54, 1.807) is 24.3 Å². The molecule has 0 atom stereocenters. The van der Waals surface area contributed by atoms with Gasteiger partial charge in [0, 0.05) is 12.5 Å². The monoisotopic (exact) mass is 235 g/mol. The molecule has 92 valence electrons. The van der Waals surface area contributed by atoms with Crippen molar-refractivity contribution < 1.29 is 14.3 Å². The van der Waals surface area contributed by atoms with Crippen LogP contribution in [0, 0.1) is 5.92 Å². The lowest BCUT2D eigenvalue weighted by Gasteiger charge is -2.08. The number of ether oxygens (including phenoxy) is 1. The predicted octanol–water partition coefficient (Wildman–Crippen LogP) is 1.75. The summed E-state index contributed by atoms with van der Waals surface area (Å²) in [4.78, 5) is 22.5. The fourth-order valence-corrected chi connectivity index (χ4v) is 1.27. The van der Waals surface area contributed by atoms with Gasteiger partial charge >= 0.3 is 5.97 Å². The van der Waals surface area contributed by atoms with Crippen molar-refractivity contribution in [3.8, 4) is 0 Å². The van der Waals surface area contributed by atoms with Crippen molar-refractivity contribution in [1.82, 2.24) is 5.32 Å². The molecule has 0 fully saturated rings. The van der Waals surface area contributed by atoms with Crippen molar-refractivity contribution in [1.29, 1.82) is 0 Å². The molecule has 17 heavy (non-hydrogen) atoms. The number of carbonyl (C=O) groups is 2. The second-order valence-electron chi connectivity index (χ2n) is 4.06. The van der Waals surface area contributed by atoms with Gasteiger partial charge in [0.2, 0.25) is 5.91 Å². The molecule has 0 aliphatic carbocycles. The van der Waals surface area contributed by atoms with Crippen molar-refractivity contribution in [3.63, 3.8) is 0 Å². The van der Waals surface area contributed by atoms with E-state index in [1.807, 2.05) is 13.8 Å². The molecule has 0 aliphatic rings. The molecule has 4 nitrogen and oxygen atoms in total. The number of amides is 1. The van der Waals surface area contributed by atoms with E-state index in [0.717, 1.165) is 5.56 Å². The summed E-state index contributed by atoms with van der Waals surface area (Å²) in [7, 11) is 1.35. The Balaban J connectivity index is 2.57. The van der Waals surface area contributed by atoms with Crippen LogP contribution in [0.4, 0.5) is 0 Å². The van der Waals surface area contributed by atoms with Gasteiger partial charge in [0.1, 0.15) is 0 Å². The highest BCUT2D eigenvalue weighted by atomic mass is 16.5. The van der Waals surface area contributed by atoms with Crippen molar-refractivity contribution in [2.45, 2.75) is 20.4 Å². The highest BCUT2D eigenvalue weighted by Crippen LogP contribution is 2.05. The van der Waals surface area contributed by atoms with Crippen molar-refractivity contribution >= 4 is 11.9 Å². The average Bonchev–Trinajstić information content (AvgIpc) is 2.35. The van der Waals surface area contributed by atoms with Crippen LogP contribution in [0.15, 0.2) is 24.3 Å². The normalized spacial score (nSPS) is 10.1. The van der Waals surface area contributed by atoms with Crippen molar-refractivity contribution in [2.24, 2.45) is 5.92 Å². The molecule has 1 aromatic carbocycles. The maximum Gasteiger partial charge on any atom is 0.337 e. The highest BCUT2D eigenvalue weighted by Gasteiger charge is 2.07. The minimum absolute atomic E-state index is 0.0158. The van der Waals surface area contributed by atoms with Crippen LogP contribution in [0.2, 0.25) is 0 Å². The minimum atomic E-state index is -0.359. The maximum absolute atomic E-state index is 11.4. The average molecular weight is 235 g/mol. The van der Waals surface area contributed by atoms with Crippen LogP contribution >= 0.6 is 0 Å². The molecule has 0 saturated heterocycles. The van der Waals surface area contributed by atoms with Crippen LogP contribution in [-0.2, 0) is 16.1 Å². The second-order valence-corrected chi connectivity index (χ2v) is 4.06. The summed E-state index contributed by atoms with van der Waals surface area (Å²) in [6.07, 6.45) is 0. The van der Waals surface area contributed by atoms with Gasteiger partial charge in [-0.25, -0.2) is 4.79 Å². The van der Waals surface area contributed by atoms with Gasteiger partial charge in [0.25, 0.3) is 0 Å². The molecular weight excluding hydrogens is 218 g/mol. The summed E-state index contributed by atoms with van der Waals surface area (Å²) < 4.78 is 4.60. The third kappa shape index (κ3) is 3.90. The summed E-state index contributed by atoms with van der Waals surface area (Å²) >= 11 is 0. The molecule has 4 heteroatoms. The highest BCUT2D eigenvalue weighted by molar-refractivity contribution is 5.89. The summed E-state index contributed by atoms with van der Waals surface area (Å²) in [5.41, 5.74) is 1.46. The van der Waals surface area contributed by atoms with Gasteiger partial charge in [-0.1, -0.05) is 26.0 Å². The number of nitrogens with one attached hydrogen (secondary N) is 1. The van der Waals surface area contributed by atoms with E-state index in [1.165, 1.54) is 7.11 Å². The topological polar surface area (TPSA) is 55.4 Å². The van der Waals surface area contributed by atoms with E-state index in [2.05, 4.69) is 10.1 Å². The third-order valence-corrected chi connectivity index (χ3v) is 2.37. The first-order chi connectivity index (χ1) is 8.04. The van der Waals surface area contributed by atoms with Gasteiger partial charge in [0.15, 0.2) is 0 Å². The molecule has 0 unspecified atom stereocenters. The Kier molecular flexibility index (Phi) is 4.69. The van der Waals surface area contributed by atoms with Crippen LogP contribution < -0.4 is 5.32 Å². The molecule has 0 radical (unpaired) electrons. The zero-order chi connectivity index (χ0) is 12.8. The molecule has 1 N–H and O–H groups in total. The first-order valence-corrected chi connectivity index (χ1v) is 5.49. The van der Waals surface area contributed by atoms with Gasteiger partial charge in [-0.05, 0) is 17.7 Å². The lowest BCUT2D eigenvalue weighted by atomic mass is 10.1. The maximum atomic E-state index is 11.4. The second kappa shape index (κ2) is 6.03. The molecule has 0 bridgehead atoms. The number of methoxy groups -OCH3 is 1. The zero-order valence-electron chi connectivity index (χ0n) is 10.3. The minimum Gasteiger partial charge on any atom is -0.465 e. The molecule has 1 aromatic rings. The lowest BCUT2D eigenvalue weighted by molar-refractivity contribution is -0.124. The number of hydrogen-bond donors (Lipinski definition) is 1. The largest absolute Gasteiger partial charge is 0.465 e. The molecule has 0 spiro atoms. The van der Waals surface area contributed by atoms with Crippen molar-refractivity contribution in [3.05, 3.63) is 35.4 Å². The predicted molar refractivity (Wildman–Crippen MR) is 64.5 cm³/mol. The van der Waals surface area contributed by atoms with Crippen LogP contribution in [-0.4, -0.2) is 19.0 Å². The molecule has 0 saturated carbocycles. The number of rotatable bonds is 4. The van der Waals surface area contributed by atoms with Crippen LogP contribution in [0.25, 0.3) is 0 Å². The van der Waals surface area contributed by atoms with Gasteiger partial charge in [-0.3, -0.25) is 4.79 Å². The van der Waals surface area contributed by atoms with E-state index in [9.17, 15) is 9.59 Å². The fraction of sp³-hybridized carbons (Fsp3) is 0.385. The van der Waals surface area contributed by atoms with Gasteiger partial charge in [0.05, 0.1) is 12.7 Å². The van der Waals surface area contributed by atoms with E-state index >= 15 is 0 Å². The molecule has 0 aliphatic heterocycles. The first kappa shape index (κ1) is 13.2. The number of hydrogen-bond acceptors (Lipinski definition) is 3. The first-order valence-electron chi connectivity index (χ1n) is 5.49. The fourth-order valence-electron chi connectivity index (χ4n) is 1.27. The van der Waals surface area contributed by atoms with Crippen LogP contribution in [0.1, 0.15) is 29.8 Å². The van der Waals surface area contributed by atoms with Crippen LogP contribution in [0.5, 0.6) is 0 Å². The molecule has 1 amide bonds. The van der Waals surface area contributed by atoms with E-state index in [0.29, 0.717) is 12.1 Å². The summed E-state index contributed by atoms with van der Waals surface area (Å²) in [6, 6.07) is 6.96. The van der Waals surface area contributed by atoms with Crippen molar-refractivity contribution in [2.75, 3.05) is 7.11 Å². The van der Waals surface area contributed by atoms with E-state index in [4.69, 9.17) is 0 Å². The van der Waals surface area contributed by atoms with Gasteiger partial charge < -0.3 is 10.1 Å². The van der Waals surface area contributed by atoms with Gasteiger partial charge in [-0.2, -0.15) is 0 Å². The third-order valence-electron chi connectivity index (χ3n) is 2.37. The Labute approximate surface area is 101 Å². The Morgan fingerprint density at radius 2 is 1.82 bits per heavy atom. The Hall–Kier alpha value is -1.84. The number of carbonyl (C=O) groups excluding carboxylic acids is 2. The number of esters is 1. The Morgan fingerprint density at radius 3 is 2.29 bits per heavy atom. The Bertz CT molecular complexity index is 396. The van der Waals surface area contributed by atoms with E-state index in [-0.39, 0.29) is 17.8 Å². The van der Waals surface area contributed by atoms with Crippen LogP contribution in [0.3, 0.4) is 0 Å².